The minimum Gasteiger partial charge on any atom is -0.493 e. The highest BCUT2D eigenvalue weighted by Gasteiger charge is 2.22. The van der Waals surface area contributed by atoms with Gasteiger partial charge in [-0.15, -0.1) is 0 Å². The summed E-state index contributed by atoms with van der Waals surface area (Å²) in [7, 11) is 0. The molecule has 4 N–H and O–H groups in total. The molecule has 3 aromatic rings. The van der Waals surface area contributed by atoms with Crippen molar-refractivity contribution >= 4 is 29.4 Å². The number of nitrogens with zero attached hydrogens (tertiary/aromatic N) is 5. The third-order valence-corrected chi connectivity index (χ3v) is 5.62. The molecule has 1 aromatic heterocycles. The fraction of sp³-hybridized carbons (Fsp3) is 0.320. The summed E-state index contributed by atoms with van der Waals surface area (Å²) in [6.07, 6.45) is 2.50. The van der Waals surface area contributed by atoms with E-state index >= 15 is 0 Å². The molecule has 9 heteroatoms. The zero-order chi connectivity index (χ0) is 23.8. The van der Waals surface area contributed by atoms with Gasteiger partial charge in [-0.1, -0.05) is 35.5 Å². The van der Waals surface area contributed by atoms with Gasteiger partial charge in [0.2, 0.25) is 5.95 Å². The first kappa shape index (κ1) is 23.2. The van der Waals surface area contributed by atoms with Gasteiger partial charge in [0.1, 0.15) is 18.0 Å². The number of piperazine rings is 1. The van der Waals surface area contributed by atoms with Crippen molar-refractivity contribution in [2.45, 2.75) is 13.3 Å². The molecule has 1 aliphatic heterocycles. The molecule has 1 saturated heterocycles. The zero-order valence-electron chi connectivity index (χ0n) is 19.4. The molecule has 0 aliphatic carbocycles. The molecule has 34 heavy (non-hydrogen) atoms. The van der Waals surface area contributed by atoms with Crippen molar-refractivity contribution < 1.29 is 9.57 Å². The number of anilines is 4. The van der Waals surface area contributed by atoms with E-state index in [1.54, 1.807) is 6.21 Å². The van der Waals surface area contributed by atoms with E-state index in [1.165, 1.54) is 5.69 Å². The third-order valence-electron chi connectivity index (χ3n) is 5.62. The maximum atomic E-state index is 6.10. The van der Waals surface area contributed by atoms with E-state index < -0.39 is 0 Å². The Kier molecular flexibility index (Phi) is 7.64. The second-order valence-corrected chi connectivity index (χ2v) is 8.05. The summed E-state index contributed by atoms with van der Waals surface area (Å²) in [4.78, 5) is 18.3. The Morgan fingerprint density at radius 2 is 1.62 bits per heavy atom. The van der Waals surface area contributed by atoms with Gasteiger partial charge in [0.25, 0.3) is 0 Å². The van der Waals surface area contributed by atoms with Crippen LogP contribution < -0.4 is 26.0 Å². The maximum Gasteiger partial charge on any atom is 0.222 e. The monoisotopic (exact) mass is 461 g/mol. The first-order valence-corrected chi connectivity index (χ1v) is 11.4. The maximum absolute atomic E-state index is 6.10. The van der Waals surface area contributed by atoms with Gasteiger partial charge in [-0.05, 0) is 36.8 Å². The number of hydrogen-bond acceptors (Lipinski definition) is 9. The van der Waals surface area contributed by atoms with Gasteiger partial charge in [-0.3, -0.25) is 0 Å². The highest BCUT2D eigenvalue weighted by Crippen LogP contribution is 2.27. The van der Waals surface area contributed by atoms with Gasteiger partial charge in [0.15, 0.2) is 5.82 Å². The first-order valence-electron chi connectivity index (χ1n) is 11.4. The van der Waals surface area contributed by atoms with E-state index in [4.69, 9.17) is 21.0 Å². The van der Waals surface area contributed by atoms with Crippen LogP contribution in [0.5, 0.6) is 5.75 Å². The Hall–Kier alpha value is -4.01. The molecule has 0 radical (unpaired) electrons. The summed E-state index contributed by atoms with van der Waals surface area (Å²) < 4.78 is 5.63. The van der Waals surface area contributed by atoms with Crippen LogP contribution in [0, 0.1) is 6.92 Å². The molecule has 0 spiro atoms. The number of aromatic nitrogens is 2. The van der Waals surface area contributed by atoms with Crippen molar-refractivity contribution in [2.75, 3.05) is 60.7 Å². The quantitative estimate of drug-likeness (QED) is 0.284. The fourth-order valence-corrected chi connectivity index (χ4v) is 3.94. The molecule has 0 unspecified atom stereocenters. The van der Waals surface area contributed by atoms with Gasteiger partial charge < -0.3 is 30.8 Å². The second kappa shape index (κ2) is 11.2. The van der Waals surface area contributed by atoms with Crippen LogP contribution in [0.4, 0.5) is 23.1 Å². The fourth-order valence-electron chi connectivity index (χ4n) is 3.94. The van der Waals surface area contributed by atoms with E-state index in [0.29, 0.717) is 19.0 Å². The van der Waals surface area contributed by atoms with Crippen LogP contribution >= 0.6 is 0 Å². The predicted octanol–water partition coefficient (Wildman–Crippen LogP) is 3.10. The van der Waals surface area contributed by atoms with E-state index in [9.17, 15) is 0 Å². The number of nitrogen functional groups attached to an aromatic ring is 2. The molecule has 0 atom stereocenters. The molecule has 9 nitrogen and oxygen atoms in total. The average Bonchev–Trinajstić information content (AvgIpc) is 2.84. The lowest BCUT2D eigenvalue weighted by atomic mass is 10.2. The normalized spacial score (nSPS) is 13.9. The van der Waals surface area contributed by atoms with Gasteiger partial charge in [0, 0.05) is 38.3 Å². The van der Waals surface area contributed by atoms with E-state index in [0.717, 1.165) is 55.3 Å². The number of aryl methyl sites for hydroxylation is 1. The Morgan fingerprint density at radius 3 is 2.32 bits per heavy atom. The molecule has 1 fully saturated rings. The van der Waals surface area contributed by atoms with Gasteiger partial charge in [-0.25, -0.2) is 4.98 Å². The molecule has 2 aromatic carbocycles. The number of nitrogens with two attached hydrogens (primary N) is 2. The van der Waals surface area contributed by atoms with Crippen LogP contribution in [-0.4, -0.2) is 55.6 Å². The number of para-hydroxylation sites is 1. The van der Waals surface area contributed by atoms with Gasteiger partial charge >= 0.3 is 0 Å². The summed E-state index contributed by atoms with van der Waals surface area (Å²) in [5.74, 6) is 1.52. The SMILES string of the molecule is Cc1nc(N)nc(N)c1N1CCN(c2ccc(C=NOCCCOc3ccccc3)cc2)CC1. The molecular weight excluding hydrogens is 430 g/mol. The van der Waals surface area contributed by atoms with Crippen molar-refractivity contribution in [3.05, 3.63) is 65.9 Å². The van der Waals surface area contributed by atoms with Crippen LogP contribution in [0.15, 0.2) is 59.8 Å². The summed E-state index contributed by atoms with van der Waals surface area (Å²) in [5, 5.41) is 4.06. The van der Waals surface area contributed by atoms with Crippen LogP contribution in [0.1, 0.15) is 17.7 Å². The Bertz CT molecular complexity index is 1060. The minimum absolute atomic E-state index is 0.212. The lowest BCUT2D eigenvalue weighted by molar-refractivity contribution is 0.129. The largest absolute Gasteiger partial charge is 0.493 e. The number of rotatable bonds is 9. The second-order valence-electron chi connectivity index (χ2n) is 8.05. The Balaban J connectivity index is 1.20. The number of hydrogen-bond donors (Lipinski definition) is 2. The van der Waals surface area contributed by atoms with Crippen LogP contribution in [0.25, 0.3) is 0 Å². The molecule has 2 heterocycles. The summed E-state index contributed by atoms with van der Waals surface area (Å²) >= 11 is 0. The van der Waals surface area contributed by atoms with Crippen molar-refractivity contribution in [3.63, 3.8) is 0 Å². The lowest BCUT2D eigenvalue weighted by Gasteiger charge is -2.38. The molecule has 178 valence electrons. The summed E-state index contributed by atoms with van der Waals surface area (Å²) in [6.45, 7) is 6.45. The average molecular weight is 462 g/mol. The first-order chi connectivity index (χ1) is 16.6. The highest BCUT2D eigenvalue weighted by molar-refractivity contribution is 5.80. The van der Waals surface area contributed by atoms with E-state index in [-0.39, 0.29) is 5.95 Å². The van der Waals surface area contributed by atoms with Crippen molar-refractivity contribution in [1.29, 1.82) is 0 Å². The van der Waals surface area contributed by atoms with Crippen molar-refractivity contribution in [3.8, 4) is 5.75 Å². The zero-order valence-corrected chi connectivity index (χ0v) is 19.4. The standard InChI is InChI=1S/C25H31N7O2/c1-19-23(24(26)30-25(27)29-19)32-14-12-31(13-15-32)21-10-8-20(9-11-21)18-28-34-17-5-16-33-22-6-3-2-4-7-22/h2-4,6-11,18H,5,12-17H2,1H3,(H4,26,27,29,30). The van der Waals surface area contributed by atoms with E-state index in [2.05, 4.69) is 37.1 Å². The smallest absolute Gasteiger partial charge is 0.222 e. The number of oxime groups is 1. The molecule has 1 aliphatic rings. The molecule has 0 saturated carbocycles. The predicted molar refractivity (Wildman–Crippen MR) is 137 cm³/mol. The third kappa shape index (κ3) is 6.06. The summed E-state index contributed by atoms with van der Waals surface area (Å²) in [5.41, 5.74) is 15.7. The Morgan fingerprint density at radius 1 is 0.912 bits per heavy atom. The van der Waals surface area contributed by atoms with E-state index in [1.807, 2.05) is 49.4 Å². The van der Waals surface area contributed by atoms with Crippen molar-refractivity contribution in [1.82, 2.24) is 9.97 Å². The van der Waals surface area contributed by atoms with Gasteiger partial charge in [0.05, 0.1) is 18.5 Å². The van der Waals surface area contributed by atoms with Crippen molar-refractivity contribution in [2.24, 2.45) is 5.16 Å². The minimum atomic E-state index is 0.212. The van der Waals surface area contributed by atoms with Crippen LogP contribution in [0.3, 0.4) is 0 Å². The topological polar surface area (TPSA) is 115 Å². The van der Waals surface area contributed by atoms with Crippen LogP contribution in [0.2, 0.25) is 0 Å². The Labute approximate surface area is 200 Å². The lowest BCUT2D eigenvalue weighted by Crippen LogP contribution is -2.47. The number of benzene rings is 2. The summed E-state index contributed by atoms with van der Waals surface area (Å²) in [6, 6.07) is 18.1. The van der Waals surface area contributed by atoms with Crippen LogP contribution in [-0.2, 0) is 4.84 Å². The molecule has 0 bridgehead atoms. The number of ether oxygens (including phenoxy) is 1. The molecule has 0 amide bonds. The highest BCUT2D eigenvalue weighted by atomic mass is 16.6. The molecule has 4 rings (SSSR count). The van der Waals surface area contributed by atoms with Gasteiger partial charge in [-0.2, -0.15) is 4.98 Å². The molecular formula is C25H31N7O2.